The summed E-state index contributed by atoms with van der Waals surface area (Å²) < 4.78 is 0. The lowest BCUT2D eigenvalue weighted by Crippen LogP contribution is -2.36. The zero-order valence-electron chi connectivity index (χ0n) is 10.00. The minimum atomic E-state index is 0.763. The van der Waals surface area contributed by atoms with Crippen LogP contribution in [-0.2, 0) is 0 Å². The van der Waals surface area contributed by atoms with Crippen molar-refractivity contribution in [3.63, 3.8) is 0 Å². The fraction of sp³-hybridized carbons (Fsp3) is 1.00. The minimum absolute atomic E-state index is 0.763. The highest BCUT2D eigenvalue weighted by molar-refractivity contribution is 4.82. The van der Waals surface area contributed by atoms with E-state index in [4.69, 9.17) is 5.73 Å². The molecule has 0 radical (unpaired) electrons. The molecular weight excluding hydrogens is 172 g/mol. The molecule has 1 aliphatic heterocycles. The van der Waals surface area contributed by atoms with Crippen molar-refractivity contribution in [2.45, 2.75) is 46.1 Å². The number of likely N-dealkylation sites (tertiary alicyclic amines) is 1. The normalized spacial score (nSPS) is 25.9. The van der Waals surface area contributed by atoms with Crippen molar-refractivity contribution < 1.29 is 0 Å². The van der Waals surface area contributed by atoms with Crippen LogP contribution in [0, 0.1) is 11.8 Å². The van der Waals surface area contributed by atoms with E-state index in [1.54, 1.807) is 0 Å². The Balaban J connectivity index is 2.35. The fourth-order valence-electron chi connectivity index (χ4n) is 2.61. The van der Waals surface area contributed by atoms with Crippen LogP contribution in [0.2, 0.25) is 0 Å². The molecule has 1 heterocycles. The highest BCUT2D eigenvalue weighted by Crippen LogP contribution is 2.24. The summed E-state index contributed by atoms with van der Waals surface area (Å²) in [5, 5.41) is 0. The zero-order chi connectivity index (χ0) is 10.6. The van der Waals surface area contributed by atoms with Crippen molar-refractivity contribution in [2.24, 2.45) is 17.6 Å². The average Bonchev–Trinajstić information content (AvgIpc) is 2.52. The van der Waals surface area contributed by atoms with E-state index in [0.29, 0.717) is 0 Å². The van der Waals surface area contributed by atoms with Gasteiger partial charge in [-0.3, -0.25) is 4.90 Å². The van der Waals surface area contributed by atoms with Crippen LogP contribution in [0.3, 0.4) is 0 Å². The van der Waals surface area contributed by atoms with Crippen molar-refractivity contribution >= 4 is 0 Å². The molecular formula is C12H26N2. The highest BCUT2D eigenvalue weighted by Gasteiger charge is 2.27. The molecule has 1 aliphatic rings. The van der Waals surface area contributed by atoms with E-state index in [2.05, 4.69) is 25.7 Å². The summed E-state index contributed by atoms with van der Waals surface area (Å²) in [5.74, 6) is 1.57. The summed E-state index contributed by atoms with van der Waals surface area (Å²) in [5.41, 5.74) is 5.58. The van der Waals surface area contributed by atoms with Crippen LogP contribution >= 0.6 is 0 Å². The molecule has 14 heavy (non-hydrogen) atoms. The van der Waals surface area contributed by atoms with Gasteiger partial charge >= 0.3 is 0 Å². The lowest BCUT2D eigenvalue weighted by molar-refractivity contribution is 0.179. The van der Waals surface area contributed by atoms with Crippen LogP contribution < -0.4 is 5.73 Å². The highest BCUT2D eigenvalue weighted by atomic mass is 15.2. The predicted molar refractivity (Wildman–Crippen MR) is 62.3 cm³/mol. The number of nitrogens with two attached hydrogens (primary N) is 1. The van der Waals surface area contributed by atoms with Gasteiger partial charge in [0, 0.05) is 12.6 Å². The minimum Gasteiger partial charge on any atom is -0.330 e. The third kappa shape index (κ3) is 3.25. The van der Waals surface area contributed by atoms with Gasteiger partial charge in [-0.2, -0.15) is 0 Å². The standard InChI is InChI=1S/C12H26N2/c1-10(2)12-5-4-8-14(12)9-11(3)6-7-13/h10-12H,4-9,13H2,1-3H3. The van der Waals surface area contributed by atoms with Gasteiger partial charge in [-0.15, -0.1) is 0 Å². The van der Waals surface area contributed by atoms with Crippen LogP contribution in [0.4, 0.5) is 0 Å². The largest absolute Gasteiger partial charge is 0.330 e. The average molecular weight is 198 g/mol. The third-order valence-corrected chi connectivity index (χ3v) is 3.39. The Hall–Kier alpha value is -0.0800. The van der Waals surface area contributed by atoms with Crippen LogP contribution in [0.25, 0.3) is 0 Å². The molecule has 0 amide bonds. The van der Waals surface area contributed by atoms with Crippen molar-refractivity contribution in [1.82, 2.24) is 4.90 Å². The molecule has 2 nitrogen and oxygen atoms in total. The van der Waals surface area contributed by atoms with Gasteiger partial charge in [-0.05, 0) is 44.2 Å². The quantitative estimate of drug-likeness (QED) is 0.733. The van der Waals surface area contributed by atoms with Crippen LogP contribution in [0.5, 0.6) is 0 Å². The molecule has 0 aromatic heterocycles. The van der Waals surface area contributed by atoms with Crippen LogP contribution in [0.1, 0.15) is 40.0 Å². The summed E-state index contributed by atoms with van der Waals surface area (Å²) in [4.78, 5) is 2.67. The number of rotatable bonds is 5. The van der Waals surface area contributed by atoms with Crippen molar-refractivity contribution in [1.29, 1.82) is 0 Å². The molecule has 0 saturated carbocycles. The van der Waals surface area contributed by atoms with Gasteiger partial charge in [0.25, 0.3) is 0 Å². The van der Waals surface area contributed by atoms with E-state index in [9.17, 15) is 0 Å². The summed E-state index contributed by atoms with van der Waals surface area (Å²) in [7, 11) is 0. The molecule has 2 atom stereocenters. The maximum Gasteiger partial charge on any atom is 0.0119 e. The Morgan fingerprint density at radius 3 is 2.64 bits per heavy atom. The van der Waals surface area contributed by atoms with E-state index in [1.165, 1.54) is 32.4 Å². The second-order valence-electron chi connectivity index (χ2n) is 5.13. The molecule has 0 aromatic carbocycles. The fourth-order valence-corrected chi connectivity index (χ4v) is 2.61. The van der Waals surface area contributed by atoms with E-state index in [0.717, 1.165) is 24.4 Å². The van der Waals surface area contributed by atoms with Gasteiger partial charge in [-0.1, -0.05) is 20.8 Å². The molecule has 0 spiro atoms. The van der Waals surface area contributed by atoms with E-state index >= 15 is 0 Å². The first kappa shape index (κ1) is 12.0. The zero-order valence-corrected chi connectivity index (χ0v) is 10.00. The lowest BCUT2D eigenvalue weighted by atomic mass is 10.0. The van der Waals surface area contributed by atoms with Crippen molar-refractivity contribution in [3.05, 3.63) is 0 Å². The Labute approximate surface area is 88.8 Å². The third-order valence-electron chi connectivity index (χ3n) is 3.39. The molecule has 0 aliphatic carbocycles. The van der Waals surface area contributed by atoms with Crippen LogP contribution in [-0.4, -0.2) is 30.6 Å². The van der Waals surface area contributed by atoms with Gasteiger partial charge in [0.15, 0.2) is 0 Å². The maximum atomic E-state index is 5.58. The molecule has 0 aromatic rings. The molecule has 2 N–H and O–H groups in total. The summed E-state index contributed by atoms with van der Waals surface area (Å²) in [6.45, 7) is 10.4. The first-order chi connectivity index (χ1) is 6.65. The Morgan fingerprint density at radius 2 is 2.07 bits per heavy atom. The molecule has 84 valence electrons. The van der Waals surface area contributed by atoms with E-state index in [-0.39, 0.29) is 0 Å². The van der Waals surface area contributed by atoms with Crippen LogP contribution in [0.15, 0.2) is 0 Å². The van der Waals surface area contributed by atoms with Gasteiger partial charge in [0.05, 0.1) is 0 Å². The molecule has 2 heteroatoms. The SMILES string of the molecule is CC(CCN)CN1CCCC1C(C)C. The molecule has 0 bridgehead atoms. The Bertz CT molecular complexity index is 156. The van der Waals surface area contributed by atoms with Gasteiger partial charge in [0.1, 0.15) is 0 Å². The van der Waals surface area contributed by atoms with E-state index in [1.807, 2.05) is 0 Å². The Kier molecular flexibility index (Phi) is 4.90. The molecule has 1 rings (SSSR count). The van der Waals surface area contributed by atoms with Gasteiger partial charge in [0.2, 0.25) is 0 Å². The summed E-state index contributed by atoms with van der Waals surface area (Å²) in [6.07, 6.45) is 3.95. The maximum absolute atomic E-state index is 5.58. The molecule has 1 fully saturated rings. The second-order valence-corrected chi connectivity index (χ2v) is 5.13. The summed E-state index contributed by atoms with van der Waals surface area (Å²) >= 11 is 0. The molecule has 1 saturated heterocycles. The van der Waals surface area contributed by atoms with Crippen molar-refractivity contribution in [3.8, 4) is 0 Å². The van der Waals surface area contributed by atoms with Gasteiger partial charge < -0.3 is 5.73 Å². The summed E-state index contributed by atoms with van der Waals surface area (Å²) in [6, 6.07) is 0.829. The first-order valence-corrected chi connectivity index (χ1v) is 6.09. The Morgan fingerprint density at radius 1 is 1.36 bits per heavy atom. The number of hydrogen-bond acceptors (Lipinski definition) is 2. The monoisotopic (exact) mass is 198 g/mol. The van der Waals surface area contributed by atoms with Crippen molar-refractivity contribution in [2.75, 3.05) is 19.6 Å². The predicted octanol–water partition coefficient (Wildman–Crippen LogP) is 2.09. The van der Waals surface area contributed by atoms with E-state index < -0.39 is 0 Å². The first-order valence-electron chi connectivity index (χ1n) is 6.09. The smallest absolute Gasteiger partial charge is 0.0119 e. The number of hydrogen-bond donors (Lipinski definition) is 1. The second kappa shape index (κ2) is 5.72. The molecule has 2 unspecified atom stereocenters. The number of nitrogens with zero attached hydrogens (tertiary/aromatic N) is 1. The van der Waals surface area contributed by atoms with Gasteiger partial charge in [-0.25, -0.2) is 0 Å². The lowest BCUT2D eigenvalue weighted by Gasteiger charge is -2.29. The topological polar surface area (TPSA) is 29.3 Å².